The summed E-state index contributed by atoms with van der Waals surface area (Å²) < 4.78 is 14.8. The maximum atomic E-state index is 13.1. The van der Waals surface area contributed by atoms with E-state index in [1.807, 2.05) is 18.2 Å². The number of nitrogens with one attached hydrogen (secondary N) is 2. The molecule has 1 aromatic carbocycles. The van der Waals surface area contributed by atoms with E-state index in [0.29, 0.717) is 25.3 Å². The van der Waals surface area contributed by atoms with Crippen LogP contribution in [-0.4, -0.2) is 27.3 Å². The van der Waals surface area contributed by atoms with E-state index in [4.69, 9.17) is 0 Å². The average molecular weight is 339 g/mol. The number of urea groups is 1. The lowest BCUT2D eigenvalue weighted by atomic mass is 10.1. The molecule has 0 fully saturated rings. The summed E-state index contributed by atoms with van der Waals surface area (Å²) in [5.74, 6) is 0.194. The molecule has 2 aromatic heterocycles. The minimum absolute atomic E-state index is 0.276. The summed E-state index contributed by atoms with van der Waals surface area (Å²) in [6.07, 6.45) is 5.80. The van der Waals surface area contributed by atoms with Gasteiger partial charge < -0.3 is 5.32 Å². The summed E-state index contributed by atoms with van der Waals surface area (Å²) in [6.45, 7) is 1.01. The van der Waals surface area contributed by atoms with Crippen LogP contribution in [0, 0.1) is 5.82 Å². The zero-order chi connectivity index (χ0) is 17.5. The van der Waals surface area contributed by atoms with E-state index >= 15 is 0 Å². The summed E-state index contributed by atoms with van der Waals surface area (Å²) in [5, 5.41) is 9.70. The normalized spacial score (nSPS) is 10.4. The van der Waals surface area contributed by atoms with Crippen molar-refractivity contribution in [1.29, 1.82) is 0 Å². The lowest BCUT2D eigenvalue weighted by molar-refractivity contribution is 0.252. The Hall–Kier alpha value is -3.22. The van der Waals surface area contributed by atoms with Gasteiger partial charge in [-0.25, -0.2) is 9.18 Å². The molecular weight excluding hydrogens is 321 g/mol. The Morgan fingerprint density at radius 2 is 1.96 bits per heavy atom. The van der Waals surface area contributed by atoms with E-state index in [2.05, 4.69) is 20.7 Å². The summed E-state index contributed by atoms with van der Waals surface area (Å²) in [6, 6.07) is 11.5. The maximum Gasteiger partial charge on any atom is 0.320 e. The predicted octanol–water partition coefficient (Wildman–Crippen LogP) is 2.83. The summed E-state index contributed by atoms with van der Waals surface area (Å²) in [4.78, 5) is 15.9. The third-order valence-corrected chi connectivity index (χ3v) is 3.56. The van der Waals surface area contributed by atoms with Gasteiger partial charge in [0.05, 0.1) is 6.54 Å². The highest BCUT2D eigenvalue weighted by Gasteiger charge is 2.05. The molecule has 0 bridgehead atoms. The number of nitrogens with zero attached hydrogens (tertiary/aromatic N) is 3. The van der Waals surface area contributed by atoms with E-state index in [0.717, 1.165) is 11.1 Å². The van der Waals surface area contributed by atoms with Crippen LogP contribution in [0.3, 0.4) is 0 Å². The Kier molecular flexibility index (Phi) is 5.36. The fraction of sp³-hybridized carbons (Fsp3) is 0.167. The van der Waals surface area contributed by atoms with Crippen LogP contribution < -0.4 is 10.6 Å². The molecule has 0 unspecified atom stereocenters. The highest BCUT2D eigenvalue weighted by Crippen LogP contribution is 2.06. The van der Waals surface area contributed by atoms with Crippen molar-refractivity contribution in [2.24, 2.45) is 0 Å². The SMILES string of the molecule is O=C(NCCc1cccc(F)c1)Nc1ccn(Cc2ccncc2)n1. The first-order chi connectivity index (χ1) is 12.2. The number of pyridine rings is 1. The molecule has 0 saturated heterocycles. The Balaban J connectivity index is 1.45. The van der Waals surface area contributed by atoms with Gasteiger partial charge in [-0.15, -0.1) is 0 Å². The number of rotatable bonds is 6. The largest absolute Gasteiger partial charge is 0.337 e. The van der Waals surface area contributed by atoms with E-state index < -0.39 is 0 Å². The van der Waals surface area contributed by atoms with Gasteiger partial charge in [0, 0.05) is 31.2 Å². The highest BCUT2D eigenvalue weighted by atomic mass is 19.1. The van der Waals surface area contributed by atoms with Crippen molar-refractivity contribution in [1.82, 2.24) is 20.1 Å². The van der Waals surface area contributed by atoms with E-state index in [1.54, 1.807) is 35.4 Å². The second kappa shape index (κ2) is 8.05. The average Bonchev–Trinajstić information content (AvgIpc) is 3.02. The Morgan fingerprint density at radius 3 is 2.76 bits per heavy atom. The van der Waals surface area contributed by atoms with Gasteiger partial charge in [0.2, 0.25) is 0 Å². The molecular formula is C18H18FN5O. The lowest BCUT2D eigenvalue weighted by Crippen LogP contribution is -2.30. The number of carbonyl (C=O) groups is 1. The molecule has 3 rings (SSSR count). The van der Waals surface area contributed by atoms with Crippen molar-refractivity contribution < 1.29 is 9.18 Å². The van der Waals surface area contributed by atoms with Crippen molar-refractivity contribution in [2.75, 3.05) is 11.9 Å². The van der Waals surface area contributed by atoms with Crippen LogP contribution in [0.5, 0.6) is 0 Å². The first-order valence-electron chi connectivity index (χ1n) is 7.91. The van der Waals surface area contributed by atoms with Crippen molar-refractivity contribution in [2.45, 2.75) is 13.0 Å². The monoisotopic (exact) mass is 339 g/mol. The second-order valence-electron chi connectivity index (χ2n) is 5.51. The number of hydrogen-bond donors (Lipinski definition) is 2. The first kappa shape index (κ1) is 16.6. The second-order valence-corrected chi connectivity index (χ2v) is 5.51. The number of halogens is 1. The number of aromatic nitrogens is 3. The molecule has 0 spiro atoms. The Morgan fingerprint density at radius 1 is 1.12 bits per heavy atom. The summed E-state index contributed by atoms with van der Waals surface area (Å²) in [5.41, 5.74) is 1.91. The number of amides is 2. The summed E-state index contributed by atoms with van der Waals surface area (Å²) in [7, 11) is 0. The van der Waals surface area contributed by atoms with Gasteiger partial charge in [0.25, 0.3) is 0 Å². The fourth-order valence-corrected chi connectivity index (χ4v) is 2.37. The van der Waals surface area contributed by atoms with Crippen LogP contribution in [0.4, 0.5) is 15.0 Å². The minimum atomic E-state index is -0.342. The van der Waals surface area contributed by atoms with E-state index in [1.165, 1.54) is 12.1 Å². The minimum Gasteiger partial charge on any atom is -0.337 e. The standard InChI is InChI=1S/C18H18FN5O/c19-16-3-1-2-14(12-16)6-10-21-18(25)22-17-7-11-24(23-17)13-15-4-8-20-9-5-15/h1-5,7-9,11-12H,6,10,13H2,(H2,21,22,23,25). The molecule has 25 heavy (non-hydrogen) atoms. The molecule has 0 saturated carbocycles. The molecule has 0 aliphatic heterocycles. The van der Waals surface area contributed by atoms with Crippen molar-refractivity contribution in [3.8, 4) is 0 Å². The van der Waals surface area contributed by atoms with E-state index in [-0.39, 0.29) is 11.8 Å². The smallest absolute Gasteiger partial charge is 0.320 e. The van der Waals surface area contributed by atoms with Crippen molar-refractivity contribution >= 4 is 11.8 Å². The van der Waals surface area contributed by atoms with Gasteiger partial charge in [-0.05, 0) is 41.8 Å². The van der Waals surface area contributed by atoms with Gasteiger partial charge >= 0.3 is 6.03 Å². The molecule has 2 N–H and O–H groups in total. The Labute approximate surface area is 144 Å². The van der Waals surface area contributed by atoms with Gasteiger partial charge in [-0.3, -0.25) is 15.0 Å². The zero-order valence-electron chi connectivity index (χ0n) is 13.5. The molecule has 2 amide bonds. The quantitative estimate of drug-likeness (QED) is 0.725. The van der Waals surface area contributed by atoms with Crippen molar-refractivity contribution in [3.05, 3.63) is 78.0 Å². The van der Waals surface area contributed by atoms with Crippen LogP contribution in [0.25, 0.3) is 0 Å². The van der Waals surface area contributed by atoms with Crippen molar-refractivity contribution in [3.63, 3.8) is 0 Å². The molecule has 3 aromatic rings. The van der Waals surface area contributed by atoms with Crippen LogP contribution in [-0.2, 0) is 13.0 Å². The zero-order valence-corrected chi connectivity index (χ0v) is 13.5. The van der Waals surface area contributed by atoms with Gasteiger partial charge in [-0.1, -0.05) is 12.1 Å². The molecule has 6 nitrogen and oxygen atoms in total. The molecule has 0 radical (unpaired) electrons. The lowest BCUT2D eigenvalue weighted by Gasteiger charge is -2.06. The summed E-state index contributed by atoms with van der Waals surface area (Å²) >= 11 is 0. The Bertz CT molecular complexity index is 834. The van der Waals surface area contributed by atoms with Crippen LogP contribution in [0.1, 0.15) is 11.1 Å². The molecule has 128 valence electrons. The van der Waals surface area contributed by atoms with Crippen LogP contribution in [0.2, 0.25) is 0 Å². The number of benzene rings is 1. The molecule has 2 heterocycles. The van der Waals surface area contributed by atoms with Gasteiger partial charge in [-0.2, -0.15) is 5.10 Å². The van der Waals surface area contributed by atoms with Gasteiger partial charge in [0.1, 0.15) is 5.82 Å². The molecule has 7 heteroatoms. The highest BCUT2D eigenvalue weighted by molar-refractivity contribution is 5.88. The third kappa shape index (κ3) is 5.13. The van der Waals surface area contributed by atoms with Crippen LogP contribution in [0.15, 0.2) is 61.1 Å². The number of carbonyl (C=O) groups excluding carboxylic acids is 1. The number of hydrogen-bond acceptors (Lipinski definition) is 3. The molecule has 0 atom stereocenters. The molecule has 0 aliphatic rings. The van der Waals surface area contributed by atoms with Crippen LogP contribution >= 0.6 is 0 Å². The topological polar surface area (TPSA) is 71.8 Å². The van der Waals surface area contributed by atoms with Gasteiger partial charge in [0.15, 0.2) is 5.82 Å². The molecule has 0 aliphatic carbocycles. The fourth-order valence-electron chi connectivity index (χ4n) is 2.37. The number of anilines is 1. The predicted molar refractivity (Wildman–Crippen MR) is 92.7 cm³/mol. The third-order valence-electron chi connectivity index (χ3n) is 3.56. The van der Waals surface area contributed by atoms with E-state index in [9.17, 15) is 9.18 Å². The first-order valence-corrected chi connectivity index (χ1v) is 7.91. The maximum absolute atomic E-state index is 13.1.